The Hall–Kier alpha value is -3.60. The number of anilines is 1. The van der Waals surface area contributed by atoms with Gasteiger partial charge in [-0.3, -0.25) is 24.3 Å². The van der Waals surface area contributed by atoms with Crippen molar-refractivity contribution in [1.29, 1.82) is 0 Å². The number of rotatable bonds is 6. The second kappa shape index (κ2) is 9.95. The van der Waals surface area contributed by atoms with Crippen LogP contribution in [0.5, 0.6) is 11.5 Å². The number of nitrogens with zero attached hydrogens (tertiary/aromatic N) is 2. The maximum atomic E-state index is 12.8. The van der Waals surface area contributed by atoms with Crippen molar-refractivity contribution in [2.75, 3.05) is 32.0 Å². The van der Waals surface area contributed by atoms with E-state index < -0.39 is 5.91 Å². The third-order valence-electron chi connectivity index (χ3n) is 6.64. The highest BCUT2D eigenvalue weighted by molar-refractivity contribution is 5.99. The van der Waals surface area contributed by atoms with Gasteiger partial charge in [-0.2, -0.15) is 0 Å². The van der Waals surface area contributed by atoms with Gasteiger partial charge >= 0.3 is 0 Å². The van der Waals surface area contributed by atoms with Gasteiger partial charge in [0, 0.05) is 48.4 Å². The Morgan fingerprint density at radius 3 is 2.60 bits per heavy atom. The Morgan fingerprint density at radius 1 is 1.06 bits per heavy atom. The number of aromatic nitrogens is 1. The summed E-state index contributed by atoms with van der Waals surface area (Å²) in [5, 5.41) is 13.3. The monoisotopic (exact) mass is 479 g/mol. The van der Waals surface area contributed by atoms with Gasteiger partial charge in [-0.05, 0) is 42.7 Å². The van der Waals surface area contributed by atoms with Crippen LogP contribution in [0.3, 0.4) is 0 Å². The number of nitrogen functional groups attached to an aromatic ring is 1. The van der Waals surface area contributed by atoms with E-state index in [-0.39, 0.29) is 11.1 Å². The number of hydroxylamine groups is 1. The first-order chi connectivity index (χ1) is 17.0. The van der Waals surface area contributed by atoms with Gasteiger partial charge in [-0.1, -0.05) is 12.1 Å². The number of amides is 1. The van der Waals surface area contributed by atoms with Crippen LogP contribution in [0.15, 0.2) is 47.3 Å². The van der Waals surface area contributed by atoms with E-state index in [0.717, 1.165) is 49.5 Å². The molecule has 2 aromatic carbocycles. The molecule has 5 rings (SSSR count). The fourth-order valence-corrected chi connectivity index (χ4v) is 4.70. The number of ether oxygens (including phenoxy) is 2. The molecule has 0 atom stereocenters. The fourth-order valence-electron chi connectivity index (χ4n) is 4.70. The van der Waals surface area contributed by atoms with Gasteiger partial charge < -0.3 is 20.5 Å². The second-order valence-electron chi connectivity index (χ2n) is 8.93. The van der Waals surface area contributed by atoms with Crippen molar-refractivity contribution in [2.45, 2.75) is 32.1 Å². The van der Waals surface area contributed by atoms with E-state index in [1.807, 2.05) is 12.1 Å². The topological polar surface area (TPSA) is 131 Å². The normalized spacial score (nSPS) is 16.4. The minimum absolute atomic E-state index is 0.226. The minimum atomic E-state index is -0.641. The van der Waals surface area contributed by atoms with Gasteiger partial charge in [0.15, 0.2) is 11.5 Å². The van der Waals surface area contributed by atoms with Crippen LogP contribution >= 0.6 is 0 Å². The van der Waals surface area contributed by atoms with Crippen LogP contribution in [0.25, 0.3) is 10.9 Å². The highest BCUT2D eigenvalue weighted by atomic mass is 16.6. The number of likely N-dealkylation sites (tertiary alicyclic amines) is 1. The van der Waals surface area contributed by atoms with E-state index in [9.17, 15) is 9.59 Å². The van der Waals surface area contributed by atoms with Crippen LogP contribution in [-0.4, -0.2) is 52.9 Å². The molecule has 0 unspecified atom stereocenters. The summed E-state index contributed by atoms with van der Waals surface area (Å²) < 4.78 is 12.9. The quantitative estimate of drug-likeness (QED) is 0.310. The lowest BCUT2D eigenvalue weighted by atomic mass is 10.0. The predicted molar refractivity (Wildman–Crippen MR) is 131 cm³/mol. The van der Waals surface area contributed by atoms with Crippen molar-refractivity contribution < 1.29 is 19.5 Å². The van der Waals surface area contributed by atoms with Crippen LogP contribution in [0.4, 0.5) is 5.69 Å². The van der Waals surface area contributed by atoms with Crippen molar-refractivity contribution in [2.24, 2.45) is 0 Å². The van der Waals surface area contributed by atoms with Crippen molar-refractivity contribution >= 4 is 22.5 Å². The molecule has 0 radical (unpaired) electrons. The van der Waals surface area contributed by atoms with Gasteiger partial charge in [0.1, 0.15) is 13.2 Å². The first kappa shape index (κ1) is 23.2. The zero-order chi connectivity index (χ0) is 24.4. The molecule has 0 aliphatic carbocycles. The number of nitrogens with two attached hydrogens (primary N) is 1. The van der Waals surface area contributed by atoms with Gasteiger partial charge in [-0.15, -0.1) is 0 Å². The Kier molecular flexibility index (Phi) is 6.58. The Bertz CT molecular complexity index is 1300. The Labute approximate surface area is 202 Å². The van der Waals surface area contributed by atoms with Crippen molar-refractivity contribution in [3.63, 3.8) is 0 Å². The predicted octanol–water partition coefficient (Wildman–Crippen LogP) is 1.69. The number of hydrogen-bond acceptors (Lipinski definition) is 8. The number of hydrogen-bond donors (Lipinski definition) is 4. The van der Waals surface area contributed by atoms with E-state index in [2.05, 4.69) is 16.3 Å². The van der Waals surface area contributed by atoms with Crippen LogP contribution in [-0.2, 0) is 13.2 Å². The van der Waals surface area contributed by atoms with E-state index >= 15 is 0 Å². The first-order valence-electron chi connectivity index (χ1n) is 11.7. The Balaban J connectivity index is 1.23. The molecule has 0 bridgehead atoms. The lowest BCUT2D eigenvalue weighted by Gasteiger charge is -2.33. The summed E-state index contributed by atoms with van der Waals surface area (Å²) in [6.45, 7) is 3.96. The molecule has 10 nitrogen and oxygen atoms in total. The summed E-state index contributed by atoms with van der Waals surface area (Å²) in [7, 11) is 0. The second-order valence-corrected chi connectivity index (χ2v) is 8.93. The smallest absolute Gasteiger partial charge is 0.274 e. The zero-order valence-electron chi connectivity index (χ0n) is 19.3. The average Bonchev–Trinajstić information content (AvgIpc) is 2.89. The number of benzene rings is 2. The molecular weight excluding hydrogens is 450 g/mol. The first-order valence-corrected chi connectivity index (χ1v) is 11.7. The number of carbonyl (C=O) groups is 1. The highest BCUT2D eigenvalue weighted by Gasteiger charge is 2.21. The molecule has 5 N–H and O–H groups in total. The number of piperidine rings is 1. The van der Waals surface area contributed by atoms with Gasteiger partial charge in [-0.25, -0.2) is 5.48 Å². The number of fused-ring (bicyclic) bond motifs is 2. The molecule has 10 heteroatoms. The van der Waals surface area contributed by atoms with Gasteiger partial charge in [0.05, 0.1) is 12.2 Å². The van der Waals surface area contributed by atoms with Gasteiger partial charge in [0.2, 0.25) is 0 Å². The van der Waals surface area contributed by atoms with Crippen LogP contribution < -0.4 is 31.6 Å². The maximum Gasteiger partial charge on any atom is 0.274 e. The standard InChI is InChI=1S/C25H29N5O5/c26-20-13-24(31)30(21-12-17(25(32)28-33)2-3-19(20)21)15-29-7-5-18(6-8-29)27-14-16-1-4-22-23(11-16)35-10-9-34-22/h1-4,11-13,18,27,33H,5-10,14-15,26H2,(H,28,32). The van der Waals surface area contributed by atoms with E-state index in [4.69, 9.17) is 20.4 Å². The van der Waals surface area contributed by atoms with Crippen LogP contribution in [0, 0.1) is 0 Å². The summed E-state index contributed by atoms with van der Waals surface area (Å²) >= 11 is 0. The molecule has 1 fully saturated rings. The number of nitrogens with one attached hydrogen (secondary N) is 2. The lowest BCUT2D eigenvalue weighted by Crippen LogP contribution is -2.44. The molecule has 1 aromatic heterocycles. The third kappa shape index (κ3) is 4.95. The fraction of sp³-hybridized carbons (Fsp3) is 0.360. The lowest BCUT2D eigenvalue weighted by molar-refractivity contribution is 0.0706. The van der Waals surface area contributed by atoms with E-state index in [0.29, 0.717) is 42.5 Å². The number of pyridine rings is 1. The molecule has 184 valence electrons. The van der Waals surface area contributed by atoms with Crippen LogP contribution in [0.2, 0.25) is 0 Å². The summed E-state index contributed by atoms with van der Waals surface area (Å²) in [4.78, 5) is 26.9. The molecule has 0 saturated carbocycles. The molecule has 3 heterocycles. The van der Waals surface area contributed by atoms with Crippen molar-refractivity contribution in [3.8, 4) is 11.5 Å². The molecule has 0 spiro atoms. The maximum absolute atomic E-state index is 12.8. The highest BCUT2D eigenvalue weighted by Crippen LogP contribution is 2.30. The molecule has 2 aliphatic heterocycles. The minimum Gasteiger partial charge on any atom is -0.486 e. The Morgan fingerprint density at radius 2 is 1.83 bits per heavy atom. The zero-order valence-corrected chi connectivity index (χ0v) is 19.3. The summed E-state index contributed by atoms with van der Waals surface area (Å²) in [6, 6.07) is 12.7. The summed E-state index contributed by atoms with van der Waals surface area (Å²) in [6.07, 6.45) is 1.90. The molecule has 3 aromatic rings. The van der Waals surface area contributed by atoms with E-state index in [1.165, 1.54) is 6.07 Å². The summed E-state index contributed by atoms with van der Waals surface area (Å²) in [5.74, 6) is 0.951. The molecular formula is C25H29N5O5. The van der Waals surface area contributed by atoms with E-state index in [1.54, 1.807) is 28.2 Å². The largest absolute Gasteiger partial charge is 0.486 e. The summed E-state index contributed by atoms with van der Waals surface area (Å²) in [5.41, 5.74) is 9.79. The number of carbonyl (C=O) groups excluding carboxylic acids is 1. The van der Waals surface area contributed by atoms with Crippen molar-refractivity contribution in [3.05, 3.63) is 63.9 Å². The molecule has 1 amide bonds. The van der Waals surface area contributed by atoms with Crippen molar-refractivity contribution in [1.82, 2.24) is 20.3 Å². The SMILES string of the molecule is Nc1cc(=O)n(CN2CCC(NCc3ccc4c(c3)OCCO4)CC2)c2cc(C(=O)NO)ccc12. The average molecular weight is 480 g/mol. The molecule has 1 saturated heterocycles. The third-order valence-corrected chi connectivity index (χ3v) is 6.64. The van der Waals surface area contributed by atoms with Crippen LogP contribution in [0.1, 0.15) is 28.8 Å². The van der Waals surface area contributed by atoms with Gasteiger partial charge in [0.25, 0.3) is 11.5 Å². The molecule has 2 aliphatic rings. The molecule has 35 heavy (non-hydrogen) atoms.